The minimum absolute atomic E-state index is 0.0246. The molecular formula is C12H26N2O2S2. The molecular weight excluding hydrogens is 268 g/mol. The number of thiocarbonyl (C=S) groups is 1. The Morgan fingerprint density at radius 1 is 1.28 bits per heavy atom. The summed E-state index contributed by atoms with van der Waals surface area (Å²) in [7, 11) is -3.52. The van der Waals surface area contributed by atoms with Crippen LogP contribution in [0.1, 0.15) is 54.4 Å². The van der Waals surface area contributed by atoms with Crippen molar-refractivity contribution in [1.29, 1.82) is 0 Å². The molecule has 4 nitrogen and oxygen atoms in total. The molecule has 0 amide bonds. The zero-order valence-corrected chi connectivity index (χ0v) is 13.8. The van der Waals surface area contributed by atoms with E-state index in [2.05, 4.69) is 25.5 Å². The summed E-state index contributed by atoms with van der Waals surface area (Å²) in [5.74, 6) is 0. The lowest BCUT2D eigenvalue weighted by molar-refractivity contribution is 0.269. The van der Waals surface area contributed by atoms with E-state index in [1.54, 1.807) is 6.92 Å². The van der Waals surface area contributed by atoms with Gasteiger partial charge in [-0.15, -0.1) is 0 Å². The second-order valence-corrected chi connectivity index (χ2v) is 8.90. The molecule has 6 heteroatoms. The van der Waals surface area contributed by atoms with Crippen LogP contribution in [0.25, 0.3) is 0 Å². The fourth-order valence-electron chi connectivity index (χ4n) is 2.39. The molecule has 0 rings (SSSR count). The molecule has 0 aromatic rings. The lowest BCUT2D eigenvalue weighted by Crippen LogP contribution is -2.51. The van der Waals surface area contributed by atoms with E-state index < -0.39 is 20.8 Å². The summed E-state index contributed by atoms with van der Waals surface area (Å²) in [6.45, 7) is 11.7. The number of hydrogen-bond donors (Lipinski definition) is 2. The van der Waals surface area contributed by atoms with Crippen molar-refractivity contribution in [2.45, 2.75) is 65.2 Å². The minimum atomic E-state index is -3.52. The predicted molar refractivity (Wildman–Crippen MR) is 81.1 cm³/mol. The van der Waals surface area contributed by atoms with Gasteiger partial charge in [-0.05, 0) is 32.1 Å². The zero-order chi connectivity index (χ0) is 14.8. The topological polar surface area (TPSA) is 72.2 Å². The van der Waals surface area contributed by atoms with Crippen molar-refractivity contribution < 1.29 is 8.42 Å². The van der Waals surface area contributed by atoms with Gasteiger partial charge >= 0.3 is 0 Å². The standard InChI is InChI=1S/C12H26N2O2S2/c1-7-9(10(13)17)18(15,16)14-12(5,6)8-11(2,3)4/h9,14H,7-8H2,1-6H3,(H2,13,17). The first-order valence-electron chi connectivity index (χ1n) is 6.13. The van der Waals surface area contributed by atoms with E-state index >= 15 is 0 Å². The molecule has 0 aliphatic rings. The molecule has 0 heterocycles. The summed E-state index contributed by atoms with van der Waals surface area (Å²) in [6, 6.07) is 0. The Balaban J connectivity index is 5.02. The third-order valence-electron chi connectivity index (χ3n) is 2.45. The largest absolute Gasteiger partial charge is 0.392 e. The van der Waals surface area contributed by atoms with E-state index in [0.29, 0.717) is 6.42 Å². The fraction of sp³-hybridized carbons (Fsp3) is 0.917. The van der Waals surface area contributed by atoms with Gasteiger partial charge in [-0.2, -0.15) is 0 Å². The molecule has 0 saturated carbocycles. The van der Waals surface area contributed by atoms with Crippen LogP contribution in [0.3, 0.4) is 0 Å². The highest BCUT2D eigenvalue weighted by molar-refractivity contribution is 7.93. The number of nitrogens with two attached hydrogens (primary N) is 1. The van der Waals surface area contributed by atoms with Crippen LogP contribution in [0.2, 0.25) is 0 Å². The van der Waals surface area contributed by atoms with Crippen molar-refractivity contribution in [3.8, 4) is 0 Å². The summed E-state index contributed by atoms with van der Waals surface area (Å²) in [6.07, 6.45) is 1.11. The molecule has 18 heavy (non-hydrogen) atoms. The quantitative estimate of drug-likeness (QED) is 0.737. The van der Waals surface area contributed by atoms with Crippen LogP contribution >= 0.6 is 12.2 Å². The highest BCUT2D eigenvalue weighted by Crippen LogP contribution is 2.27. The maximum Gasteiger partial charge on any atom is 0.221 e. The van der Waals surface area contributed by atoms with Crippen LogP contribution in [0.15, 0.2) is 0 Å². The van der Waals surface area contributed by atoms with Gasteiger partial charge in [0.1, 0.15) is 5.25 Å². The zero-order valence-electron chi connectivity index (χ0n) is 12.2. The summed E-state index contributed by atoms with van der Waals surface area (Å²) < 4.78 is 27.2. The van der Waals surface area contributed by atoms with Gasteiger partial charge in [-0.3, -0.25) is 0 Å². The molecule has 0 bridgehead atoms. The first-order valence-corrected chi connectivity index (χ1v) is 8.08. The Kier molecular flexibility index (Phi) is 5.77. The maximum absolute atomic E-state index is 12.2. The summed E-state index contributed by atoms with van der Waals surface area (Å²) in [5.41, 5.74) is 5.01. The second-order valence-electron chi connectivity index (χ2n) is 6.57. The molecule has 1 atom stereocenters. The number of hydrogen-bond acceptors (Lipinski definition) is 3. The van der Waals surface area contributed by atoms with Gasteiger partial charge in [-0.25, -0.2) is 13.1 Å². The first-order chi connectivity index (χ1) is 7.81. The molecule has 0 aliphatic carbocycles. The molecule has 0 spiro atoms. The van der Waals surface area contributed by atoms with Crippen LogP contribution in [-0.4, -0.2) is 24.2 Å². The van der Waals surface area contributed by atoms with Crippen molar-refractivity contribution in [2.75, 3.05) is 0 Å². The minimum Gasteiger partial charge on any atom is -0.392 e. The van der Waals surface area contributed by atoms with Crippen molar-refractivity contribution in [1.82, 2.24) is 4.72 Å². The Hall–Kier alpha value is -0.200. The SMILES string of the molecule is CCC(C(N)=S)S(=O)(=O)NC(C)(C)CC(C)(C)C. The lowest BCUT2D eigenvalue weighted by atomic mass is 9.82. The number of nitrogens with one attached hydrogen (secondary N) is 1. The fourth-order valence-corrected chi connectivity index (χ4v) is 4.67. The van der Waals surface area contributed by atoms with Gasteiger partial charge in [0, 0.05) is 5.54 Å². The van der Waals surface area contributed by atoms with E-state index in [1.807, 2.05) is 13.8 Å². The molecule has 1 unspecified atom stereocenters. The van der Waals surface area contributed by atoms with Gasteiger partial charge in [0.25, 0.3) is 0 Å². The maximum atomic E-state index is 12.2. The average molecular weight is 294 g/mol. The third-order valence-corrected chi connectivity index (χ3v) is 5.06. The van der Waals surface area contributed by atoms with Crippen molar-refractivity contribution in [3.63, 3.8) is 0 Å². The highest BCUT2D eigenvalue weighted by Gasteiger charge is 2.34. The van der Waals surface area contributed by atoms with Gasteiger partial charge in [0.05, 0.1) is 4.99 Å². The summed E-state index contributed by atoms with van der Waals surface area (Å²) in [4.78, 5) is 0.0246. The molecule has 0 radical (unpaired) electrons. The Labute approximate surface area is 117 Å². The van der Waals surface area contributed by atoms with Gasteiger partial charge in [0.15, 0.2) is 0 Å². The molecule has 0 aromatic carbocycles. The number of rotatable bonds is 6. The van der Waals surface area contributed by atoms with Crippen molar-refractivity contribution in [2.24, 2.45) is 11.1 Å². The first kappa shape index (κ1) is 17.8. The Bertz CT molecular complexity index is 395. The Morgan fingerprint density at radius 2 is 1.72 bits per heavy atom. The van der Waals surface area contributed by atoms with Crippen LogP contribution < -0.4 is 10.5 Å². The van der Waals surface area contributed by atoms with Crippen LogP contribution in [0, 0.1) is 5.41 Å². The molecule has 0 fully saturated rings. The van der Waals surface area contributed by atoms with E-state index in [9.17, 15) is 8.42 Å². The highest BCUT2D eigenvalue weighted by atomic mass is 32.2. The Morgan fingerprint density at radius 3 is 2.00 bits per heavy atom. The van der Waals surface area contributed by atoms with E-state index in [4.69, 9.17) is 18.0 Å². The van der Waals surface area contributed by atoms with E-state index in [1.165, 1.54) is 0 Å². The monoisotopic (exact) mass is 294 g/mol. The third kappa shape index (κ3) is 6.11. The molecule has 0 aromatic heterocycles. The van der Waals surface area contributed by atoms with E-state index in [0.717, 1.165) is 6.42 Å². The lowest BCUT2D eigenvalue weighted by Gasteiger charge is -2.34. The molecule has 3 N–H and O–H groups in total. The summed E-state index contributed by atoms with van der Waals surface area (Å²) in [5, 5.41) is -0.799. The van der Waals surface area contributed by atoms with Gasteiger partial charge in [-0.1, -0.05) is 39.9 Å². The summed E-state index contributed by atoms with van der Waals surface area (Å²) >= 11 is 4.82. The second kappa shape index (κ2) is 5.84. The molecule has 0 saturated heterocycles. The molecule has 108 valence electrons. The van der Waals surface area contributed by atoms with Crippen molar-refractivity contribution in [3.05, 3.63) is 0 Å². The number of sulfonamides is 1. The van der Waals surface area contributed by atoms with Crippen LogP contribution in [-0.2, 0) is 10.0 Å². The van der Waals surface area contributed by atoms with Crippen molar-refractivity contribution >= 4 is 27.2 Å². The average Bonchev–Trinajstić information content (AvgIpc) is 1.94. The van der Waals surface area contributed by atoms with Gasteiger partial charge in [0.2, 0.25) is 10.0 Å². The molecule has 0 aliphatic heterocycles. The van der Waals surface area contributed by atoms with Crippen LogP contribution in [0.5, 0.6) is 0 Å². The van der Waals surface area contributed by atoms with Gasteiger partial charge < -0.3 is 5.73 Å². The predicted octanol–water partition coefficient (Wildman–Crippen LogP) is 2.19. The normalized spacial score (nSPS) is 15.4. The van der Waals surface area contributed by atoms with E-state index in [-0.39, 0.29) is 10.4 Å². The smallest absolute Gasteiger partial charge is 0.221 e. The van der Waals surface area contributed by atoms with Crippen LogP contribution in [0.4, 0.5) is 0 Å².